The maximum atomic E-state index is 5.92. The molecular formula is C26H29N3O3S. The van der Waals surface area contributed by atoms with Gasteiger partial charge in [0, 0.05) is 5.75 Å². The van der Waals surface area contributed by atoms with Crippen LogP contribution in [0.4, 0.5) is 0 Å². The Labute approximate surface area is 199 Å². The summed E-state index contributed by atoms with van der Waals surface area (Å²) in [6.45, 7) is 5.50. The maximum Gasteiger partial charge on any atom is 0.180 e. The van der Waals surface area contributed by atoms with E-state index in [-0.39, 0.29) is 0 Å². The highest BCUT2D eigenvalue weighted by atomic mass is 32.2. The number of nitrogens with two attached hydrogens (primary N) is 1. The van der Waals surface area contributed by atoms with Gasteiger partial charge in [-0.25, -0.2) is 0 Å². The summed E-state index contributed by atoms with van der Waals surface area (Å²) in [7, 11) is 0. The molecule has 3 rings (SSSR count). The molecule has 0 radical (unpaired) electrons. The van der Waals surface area contributed by atoms with Crippen molar-refractivity contribution in [3.05, 3.63) is 89.5 Å². The van der Waals surface area contributed by atoms with Gasteiger partial charge in [-0.3, -0.25) is 0 Å². The Bertz CT molecular complexity index is 1050. The van der Waals surface area contributed by atoms with Gasteiger partial charge < -0.3 is 19.9 Å². The lowest BCUT2D eigenvalue weighted by molar-refractivity contribution is 0.283. The van der Waals surface area contributed by atoms with Crippen LogP contribution in [0.2, 0.25) is 0 Å². The molecule has 0 saturated heterocycles. The van der Waals surface area contributed by atoms with Crippen LogP contribution in [0.25, 0.3) is 0 Å². The van der Waals surface area contributed by atoms with Crippen LogP contribution in [0.3, 0.4) is 0 Å². The highest BCUT2D eigenvalue weighted by molar-refractivity contribution is 8.13. The summed E-state index contributed by atoms with van der Waals surface area (Å²) in [5, 5.41) is 8.56. The average molecular weight is 464 g/mol. The van der Waals surface area contributed by atoms with Gasteiger partial charge in [0.05, 0.1) is 19.4 Å². The monoisotopic (exact) mass is 463 g/mol. The second-order valence-corrected chi connectivity index (χ2v) is 7.96. The molecule has 0 aliphatic heterocycles. The SMILES string of the molecule is CCOc1ccc(COc2ccc(C=NN=C(N)SCc3ccccc3)cc2)cc1OCC. The van der Waals surface area contributed by atoms with Crippen molar-refractivity contribution in [3.8, 4) is 17.2 Å². The van der Waals surface area contributed by atoms with Crippen molar-refractivity contribution in [2.75, 3.05) is 13.2 Å². The van der Waals surface area contributed by atoms with E-state index in [1.165, 1.54) is 17.3 Å². The first-order valence-corrected chi connectivity index (χ1v) is 11.8. The van der Waals surface area contributed by atoms with E-state index in [0.717, 1.165) is 34.1 Å². The summed E-state index contributed by atoms with van der Waals surface area (Å²) in [4.78, 5) is 0. The lowest BCUT2D eigenvalue weighted by Gasteiger charge is -2.13. The third-order valence-electron chi connectivity index (χ3n) is 4.49. The number of thioether (sulfide) groups is 1. The Kier molecular flexibility index (Phi) is 9.66. The zero-order chi connectivity index (χ0) is 23.3. The van der Waals surface area contributed by atoms with Crippen LogP contribution in [-0.4, -0.2) is 24.6 Å². The molecule has 7 heteroatoms. The van der Waals surface area contributed by atoms with Crippen LogP contribution in [-0.2, 0) is 12.4 Å². The largest absolute Gasteiger partial charge is 0.490 e. The minimum absolute atomic E-state index is 0.428. The molecule has 0 bridgehead atoms. The summed E-state index contributed by atoms with van der Waals surface area (Å²) in [6, 6.07) is 23.6. The Balaban J connectivity index is 1.50. The van der Waals surface area contributed by atoms with Gasteiger partial charge in [-0.2, -0.15) is 5.10 Å². The molecule has 33 heavy (non-hydrogen) atoms. The van der Waals surface area contributed by atoms with Crippen LogP contribution in [0.5, 0.6) is 17.2 Å². The third-order valence-corrected chi connectivity index (χ3v) is 5.34. The molecule has 2 N–H and O–H groups in total. The fourth-order valence-corrected chi connectivity index (χ4v) is 3.53. The molecule has 0 aliphatic carbocycles. The number of rotatable bonds is 11. The lowest BCUT2D eigenvalue weighted by atomic mass is 10.2. The Morgan fingerprint density at radius 2 is 1.58 bits per heavy atom. The maximum absolute atomic E-state index is 5.92. The van der Waals surface area contributed by atoms with Crippen molar-refractivity contribution >= 4 is 23.1 Å². The molecule has 3 aromatic carbocycles. The first kappa shape index (κ1) is 24.2. The van der Waals surface area contributed by atoms with E-state index >= 15 is 0 Å². The van der Waals surface area contributed by atoms with Crippen LogP contribution < -0.4 is 19.9 Å². The number of nitrogens with zero attached hydrogens (tertiary/aromatic N) is 2. The minimum atomic E-state index is 0.428. The fraction of sp³-hybridized carbons (Fsp3) is 0.231. The first-order chi connectivity index (χ1) is 16.2. The van der Waals surface area contributed by atoms with Crippen molar-refractivity contribution in [2.45, 2.75) is 26.2 Å². The fourth-order valence-electron chi connectivity index (χ4n) is 2.91. The van der Waals surface area contributed by atoms with Crippen molar-refractivity contribution in [3.63, 3.8) is 0 Å². The van der Waals surface area contributed by atoms with Gasteiger partial charge in [0.2, 0.25) is 0 Å². The average Bonchev–Trinajstić information content (AvgIpc) is 2.84. The van der Waals surface area contributed by atoms with E-state index in [2.05, 4.69) is 22.3 Å². The van der Waals surface area contributed by atoms with Gasteiger partial charge >= 0.3 is 0 Å². The highest BCUT2D eigenvalue weighted by Gasteiger charge is 2.07. The standard InChI is InChI=1S/C26H29N3O3S/c1-3-30-24-15-12-22(16-25(24)31-4-2)18-32-23-13-10-20(11-14-23)17-28-29-26(27)33-19-21-8-6-5-7-9-21/h5-17H,3-4,18-19H2,1-2H3,(H2,27,29). The van der Waals surface area contributed by atoms with Gasteiger partial charge in [0.25, 0.3) is 0 Å². The molecule has 3 aromatic rings. The van der Waals surface area contributed by atoms with Gasteiger partial charge in [0.15, 0.2) is 16.7 Å². The molecule has 6 nitrogen and oxygen atoms in total. The first-order valence-electron chi connectivity index (χ1n) is 10.8. The molecule has 0 heterocycles. The lowest BCUT2D eigenvalue weighted by Crippen LogP contribution is -2.05. The van der Waals surface area contributed by atoms with Crippen LogP contribution >= 0.6 is 11.8 Å². The van der Waals surface area contributed by atoms with Gasteiger partial charge in [-0.15, -0.1) is 5.10 Å². The predicted octanol–water partition coefficient (Wildman–Crippen LogP) is 5.65. The number of benzene rings is 3. The summed E-state index contributed by atoms with van der Waals surface area (Å²) in [5.41, 5.74) is 9.03. The molecule has 0 spiro atoms. The van der Waals surface area contributed by atoms with E-state index < -0.39 is 0 Å². The minimum Gasteiger partial charge on any atom is -0.490 e. The summed E-state index contributed by atoms with van der Waals surface area (Å²) in [5.74, 6) is 3.00. The second kappa shape index (κ2) is 13.2. The molecule has 0 aromatic heterocycles. The van der Waals surface area contributed by atoms with Crippen molar-refractivity contribution < 1.29 is 14.2 Å². The normalized spacial score (nSPS) is 11.5. The van der Waals surface area contributed by atoms with Crippen molar-refractivity contribution in [1.82, 2.24) is 0 Å². The van der Waals surface area contributed by atoms with E-state index in [0.29, 0.717) is 25.0 Å². The quantitative estimate of drug-likeness (QED) is 0.226. The molecule has 0 saturated carbocycles. The van der Waals surface area contributed by atoms with Gasteiger partial charge in [-0.1, -0.05) is 48.2 Å². The highest BCUT2D eigenvalue weighted by Crippen LogP contribution is 2.29. The molecule has 0 atom stereocenters. The molecular weight excluding hydrogens is 434 g/mol. The Morgan fingerprint density at radius 3 is 2.30 bits per heavy atom. The Hall–Kier alpha value is -3.45. The number of hydrogen-bond donors (Lipinski definition) is 1. The number of ether oxygens (including phenoxy) is 3. The van der Waals surface area contributed by atoms with Crippen LogP contribution in [0.15, 0.2) is 83.0 Å². The van der Waals surface area contributed by atoms with E-state index in [1.807, 2.05) is 74.5 Å². The molecule has 0 unspecified atom stereocenters. The number of amidine groups is 1. The van der Waals surface area contributed by atoms with Crippen molar-refractivity contribution in [2.24, 2.45) is 15.9 Å². The molecule has 0 fully saturated rings. The summed E-state index contributed by atoms with van der Waals surface area (Å²) in [6.07, 6.45) is 1.67. The Morgan fingerprint density at radius 1 is 0.848 bits per heavy atom. The van der Waals surface area contributed by atoms with Crippen LogP contribution in [0, 0.1) is 0 Å². The van der Waals surface area contributed by atoms with Gasteiger partial charge in [-0.05, 0) is 66.9 Å². The smallest absolute Gasteiger partial charge is 0.180 e. The zero-order valence-corrected chi connectivity index (χ0v) is 19.8. The van der Waals surface area contributed by atoms with E-state index in [9.17, 15) is 0 Å². The topological polar surface area (TPSA) is 78.4 Å². The van der Waals surface area contributed by atoms with Crippen molar-refractivity contribution in [1.29, 1.82) is 0 Å². The summed E-state index contributed by atoms with van der Waals surface area (Å²) >= 11 is 1.46. The molecule has 172 valence electrons. The second-order valence-electron chi connectivity index (χ2n) is 6.96. The molecule has 0 aliphatic rings. The summed E-state index contributed by atoms with van der Waals surface area (Å²) < 4.78 is 17.2. The van der Waals surface area contributed by atoms with Crippen LogP contribution in [0.1, 0.15) is 30.5 Å². The van der Waals surface area contributed by atoms with Gasteiger partial charge in [0.1, 0.15) is 12.4 Å². The van der Waals surface area contributed by atoms with E-state index in [4.69, 9.17) is 19.9 Å². The number of hydrogen-bond acceptors (Lipinski definition) is 6. The predicted molar refractivity (Wildman–Crippen MR) is 137 cm³/mol. The third kappa shape index (κ3) is 8.20. The van der Waals surface area contributed by atoms with E-state index in [1.54, 1.807) is 6.21 Å². The molecule has 0 amide bonds. The zero-order valence-electron chi connectivity index (χ0n) is 18.9.